The van der Waals surface area contributed by atoms with E-state index in [2.05, 4.69) is 91.9 Å². The summed E-state index contributed by atoms with van der Waals surface area (Å²) in [4.78, 5) is 0. The van der Waals surface area contributed by atoms with Gasteiger partial charge in [-0.05, 0) is 24.1 Å². The second-order valence-corrected chi connectivity index (χ2v) is 6.40. The molecule has 0 aliphatic carbocycles. The largest absolute Gasteiger partial charge is 0.483 e. The smallest absolute Gasteiger partial charge is 0.132 e. The molecule has 0 N–H and O–H groups in total. The zero-order chi connectivity index (χ0) is 15.7. The maximum absolute atomic E-state index is 6.46. The maximum atomic E-state index is 6.46. The summed E-state index contributed by atoms with van der Waals surface area (Å²) in [6.45, 7) is 2.20. The summed E-state index contributed by atoms with van der Waals surface area (Å²) >= 11 is 0. The van der Waals surface area contributed by atoms with Crippen molar-refractivity contribution in [2.45, 2.75) is 24.9 Å². The minimum absolute atomic E-state index is 0.309. The van der Waals surface area contributed by atoms with Crippen LogP contribution in [0.5, 0.6) is 5.75 Å². The average molecular weight is 300 g/mol. The summed E-state index contributed by atoms with van der Waals surface area (Å²) in [7, 11) is 0. The zero-order valence-corrected chi connectivity index (χ0v) is 13.3. The fourth-order valence-corrected chi connectivity index (χ4v) is 3.60. The topological polar surface area (TPSA) is 9.23 Å². The van der Waals surface area contributed by atoms with E-state index in [1.165, 1.54) is 16.7 Å². The lowest BCUT2D eigenvalue weighted by Gasteiger charge is -2.40. The number of hydrogen-bond donors (Lipinski definition) is 0. The molecule has 0 spiro atoms. The van der Waals surface area contributed by atoms with Crippen molar-refractivity contribution < 1.29 is 4.74 Å². The lowest BCUT2D eigenvalue weighted by molar-refractivity contribution is 0.0555. The molecule has 1 heterocycles. The van der Waals surface area contributed by atoms with E-state index in [0.717, 1.165) is 12.2 Å². The number of hydrogen-bond acceptors (Lipinski definition) is 1. The molecular formula is C22H20O. The molecule has 1 nitrogen and oxygen atoms in total. The van der Waals surface area contributed by atoms with Crippen molar-refractivity contribution in [2.75, 3.05) is 0 Å². The van der Waals surface area contributed by atoms with Gasteiger partial charge in [-0.3, -0.25) is 0 Å². The molecule has 1 aliphatic rings. The lowest BCUT2D eigenvalue weighted by atomic mass is 9.77. The standard InChI is InChI=1S/C22H20O/c1-22(18-12-6-3-7-13-18)16-20(17-10-4-2-5-11-17)19-14-8-9-15-21(19)23-22/h2-15,20H,16H2,1H3. The van der Waals surface area contributed by atoms with Crippen LogP contribution in [0.1, 0.15) is 36.0 Å². The van der Waals surface area contributed by atoms with Gasteiger partial charge in [0.2, 0.25) is 0 Å². The molecule has 0 fully saturated rings. The third kappa shape index (κ3) is 2.53. The van der Waals surface area contributed by atoms with Crippen LogP contribution in [-0.2, 0) is 5.60 Å². The van der Waals surface area contributed by atoms with Gasteiger partial charge in [0.1, 0.15) is 11.4 Å². The third-order valence-corrected chi connectivity index (χ3v) is 4.81. The van der Waals surface area contributed by atoms with Gasteiger partial charge < -0.3 is 4.74 Å². The predicted octanol–water partition coefficient (Wildman–Crippen LogP) is 5.52. The molecule has 4 rings (SSSR count). The first-order valence-electron chi connectivity index (χ1n) is 8.15. The minimum atomic E-state index is -0.309. The monoisotopic (exact) mass is 300 g/mol. The van der Waals surface area contributed by atoms with Gasteiger partial charge in [0.15, 0.2) is 0 Å². The highest BCUT2D eigenvalue weighted by Gasteiger charge is 2.39. The summed E-state index contributed by atoms with van der Waals surface area (Å²) in [5, 5.41) is 0. The van der Waals surface area contributed by atoms with Crippen molar-refractivity contribution in [1.82, 2.24) is 0 Å². The first-order valence-corrected chi connectivity index (χ1v) is 8.15. The maximum Gasteiger partial charge on any atom is 0.132 e. The Bertz CT molecular complexity index is 794. The van der Waals surface area contributed by atoms with Gasteiger partial charge >= 0.3 is 0 Å². The molecule has 0 radical (unpaired) electrons. The van der Waals surface area contributed by atoms with E-state index < -0.39 is 0 Å². The Morgan fingerprint density at radius 2 is 1.39 bits per heavy atom. The van der Waals surface area contributed by atoms with Crippen LogP contribution in [0.15, 0.2) is 84.9 Å². The molecule has 0 saturated carbocycles. The quantitative estimate of drug-likeness (QED) is 0.606. The summed E-state index contributed by atoms with van der Waals surface area (Å²) in [6, 6.07) is 29.7. The second kappa shape index (κ2) is 5.58. The molecule has 3 aromatic rings. The number of fused-ring (bicyclic) bond motifs is 1. The van der Waals surface area contributed by atoms with Crippen LogP contribution < -0.4 is 4.74 Å². The Labute approximate surface area is 137 Å². The van der Waals surface area contributed by atoms with Crippen molar-refractivity contribution in [3.63, 3.8) is 0 Å². The highest BCUT2D eigenvalue weighted by molar-refractivity contribution is 5.46. The number of rotatable bonds is 2. The molecule has 2 unspecified atom stereocenters. The van der Waals surface area contributed by atoms with E-state index in [9.17, 15) is 0 Å². The van der Waals surface area contributed by atoms with Gasteiger partial charge in [-0.1, -0.05) is 78.9 Å². The Morgan fingerprint density at radius 1 is 0.783 bits per heavy atom. The SMILES string of the molecule is CC1(c2ccccc2)CC(c2ccccc2)c2ccccc2O1. The van der Waals surface area contributed by atoms with Crippen molar-refractivity contribution in [1.29, 1.82) is 0 Å². The fourth-order valence-electron chi connectivity index (χ4n) is 3.60. The Kier molecular flexibility index (Phi) is 3.42. The van der Waals surface area contributed by atoms with E-state index in [1.807, 2.05) is 0 Å². The molecule has 1 heteroatoms. The van der Waals surface area contributed by atoms with Crippen LogP contribution in [0.25, 0.3) is 0 Å². The van der Waals surface area contributed by atoms with Crippen LogP contribution in [-0.4, -0.2) is 0 Å². The van der Waals surface area contributed by atoms with Gasteiger partial charge in [-0.15, -0.1) is 0 Å². The summed E-state index contributed by atoms with van der Waals surface area (Å²) < 4.78 is 6.46. The number of ether oxygens (including phenoxy) is 1. The van der Waals surface area contributed by atoms with E-state index in [0.29, 0.717) is 5.92 Å². The summed E-state index contributed by atoms with van der Waals surface area (Å²) in [5.74, 6) is 1.35. The van der Waals surface area contributed by atoms with Crippen LogP contribution >= 0.6 is 0 Å². The van der Waals surface area contributed by atoms with Crippen LogP contribution in [0.2, 0.25) is 0 Å². The van der Waals surface area contributed by atoms with Crippen molar-refractivity contribution in [3.05, 3.63) is 102 Å². The second-order valence-electron chi connectivity index (χ2n) is 6.40. The van der Waals surface area contributed by atoms with Crippen molar-refractivity contribution in [3.8, 4) is 5.75 Å². The van der Waals surface area contributed by atoms with Gasteiger partial charge in [0.25, 0.3) is 0 Å². The van der Waals surface area contributed by atoms with Crippen molar-refractivity contribution >= 4 is 0 Å². The summed E-state index contributed by atoms with van der Waals surface area (Å²) in [6.07, 6.45) is 0.942. The molecule has 0 amide bonds. The molecule has 2 atom stereocenters. The van der Waals surface area contributed by atoms with E-state index in [-0.39, 0.29) is 5.60 Å². The van der Waals surface area contributed by atoms with Gasteiger partial charge in [-0.25, -0.2) is 0 Å². The van der Waals surface area contributed by atoms with E-state index in [4.69, 9.17) is 4.74 Å². The first-order chi connectivity index (χ1) is 11.3. The molecule has 1 aliphatic heterocycles. The molecule has 114 valence electrons. The average Bonchev–Trinajstić information content (AvgIpc) is 2.62. The van der Waals surface area contributed by atoms with Crippen LogP contribution in [0.4, 0.5) is 0 Å². The lowest BCUT2D eigenvalue weighted by Crippen LogP contribution is -2.35. The van der Waals surface area contributed by atoms with Crippen LogP contribution in [0.3, 0.4) is 0 Å². The van der Waals surface area contributed by atoms with Gasteiger partial charge in [0, 0.05) is 17.9 Å². The van der Waals surface area contributed by atoms with E-state index in [1.54, 1.807) is 0 Å². The van der Waals surface area contributed by atoms with E-state index >= 15 is 0 Å². The normalized spacial score (nSPS) is 22.9. The molecule has 0 saturated heterocycles. The van der Waals surface area contributed by atoms with Crippen molar-refractivity contribution in [2.24, 2.45) is 0 Å². The molecule has 3 aromatic carbocycles. The highest BCUT2D eigenvalue weighted by Crippen LogP contribution is 2.47. The highest BCUT2D eigenvalue weighted by atomic mass is 16.5. The fraction of sp³-hybridized carbons (Fsp3) is 0.182. The molecule has 0 aromatic heterocycles. The van der Waals surface area contributed by atoms with Crippen LogP contribution in [0, 0.1) is 0 Å². The molecule has 0 bridgehead atoms. The Hall–Kier alpha value is -2.54. The molecule has 23 heavy (non-hydrogen) atoms. The number of para-hydroxylation sites is 1. The van der Waals surface area contributed by atoms with Gasteiger partial charge in [-0.2, -0.15) is 0 Å². The predicted molar refractivity (Wildman–Crippen MR) is 93.8 cm³/mol. The third-order valence-electron chi connectivity index (χ3n) is 4.81. The Morgan fingerprint density at radius 3 is 2.13 bits per heavy atom. The minimum Gasteiger partial charge on any atom is -0.483 e. The Balaban J connectivity index is 1.83. The summed E-state index contributed by atoms with van der Waals surface area (Å²) in [5.41, 5.74) is 3.56. The number of benzene rings is 3. The first kappa shape index (κ1) is 14.1. The molecular weight excluding hydrogens is 280 g/mol. The zero-order valence-electron chi connectivity index (χ0n) is 13.3. The van der Waals surface area contributed by atoms with Gasteiger partial charge in [0.05, 0.1) is 0 Å².